The number of hydrogen-bond donors (Lipinski definition) is 1. The van der Waals surface area contributed by atoms with Gasteiger partial charge < -0.3 is 14.7 Å². The molecule has 2 heterocycles. The Labute approximate surface area is 166 Å². The number of hydrogen-bond acceptors (Lipinski definition) is 4. The molecule has 0 radical (unpaired) electrons. The first-order valence-electron chi connectivity index (χ1n) is 8.94. The molecule has 3 aromatic rings. The number of likely N-dealkylation sites (tertiary alicyclic amines) is 1. The molecule has 1 fully saturated rings. The number of carbonyl (C=O) groups excluding carboxylic acids is 1. The van der Waals surface area contributed by atoms with Crippen LogP contribution >= 0.6 is 11.6 Å². The second kappa shape index (κ2) is 7.59. The number of nitrogens with zero attached hydrogens (tertiary/aromatic N) is 3. The Kier molecular flexibility index (Phi) is 5.00. The van der Waals surface area contributed by atoms with Gasteiger partial charge in [-0.05, 0) is 44.0 Å². The van der Waals surface area contributed by atoms with Crippen LogP contribution < -0.4 is 5.32 Å². The molecule has 1 N–H and O–H groups in total. The number of aryl methyl sites for hydroxylation is 1. The second-order valence-electron chi connectivity index (χ2n) is 6.74. The molecule has 1 unspecified atom stereocenters. The van der Waals surface area contributed by atoms with Gasteiger partial charge in [-0.2, -0.15) is 4.98 Å². The van der Waals surface area contributed by atoms with Crippen LogP contribution in [-0.4, -0.2) is 27.6 Å². The van der Waals surface area contributed by atoms with Crippen molar-refractivity contribution in [3.05, 3.63) is 64.8 Å². The maximum Gasteiger partial charge on any atom is 0.322 e. The van der Waals surface area contributed by atoms with Gasteiger partial charge in [-0.1, -0.05) is 40.5 Å². The summed E-state index contributed by atoms with van der Waals surface area (Å²) in [7, 11) is 0. The largest absolute Gasteiger partial charge is 0.337 e. The highest BCUT2D eigenvalue weighted by Crippen LogP contribution is 2.33. The molecule has 2 aromatic carbocycles. The van der Waals surface area contributed by atoms with Gasteiger partial charge in [0.2, 0.25) is 11.7 Å². The summed E-state index contributed by atoms with van der Waals surface area (Å²) < 4.78 is 18.8. The molecule has 1 aliphatic heterocycles. The minimum absolute atomic E-state index is 0.0459. The lowest BCUT2D eigenvalue weighted by molar-refractivity contribution is 0.193. The van der Waals surface area contributed by atoms with Gasteiger partial charge >= 0.3 is 6.03 Å². The van der Waals surface area contributed by atoms with Gasteiger partial charge in [0, 0.05) is 17.8 Å². The zero-order valence-electron chi connectivity index (χ0n) is 15.2. The molecule has 1 aromatic heterocycles. The van der Waals surface area contributed by atoms with E-state index in [1.54, 1.807) is 4.90 Å². The number of carbonyl (C=O) groups is 1. The molecule has 4 rings (SSSR count). The monoisotopic (exact) mass is 400 g/mol. The molecular weight excluding hydrogens is 383 g/mol. The van der Waals surface area contributed by atoms with Crippen LogP contribution in [0, 0.1) is 12.7 Å². The topological polar surface area (TPSA) is 71.3 Å². The quantitative estimate of drug-likeness (QED) is 0.655. The van der Waals surface area contributed by atoms with Crippen molar-refractivity contribution in [1.29, 1.82) is 0 Å². The first kappa shape index (κ1) is 18.4. The zero-order chi connectivity index (χ0) is 19.7. The van der Waals surface area contributed by atoms with Crippen molar-refractivity contribution in [2.75, 3.05) is 11.9 Å². The number of nitrogens with one attached hydrogen (secondary N) is 1. The van der Waals surface area contributed by atoms with E-state index in [0.717, 1.165) is 24.0 Å². The molecule has 1 atom stereocenters. The van der Waals surface area contributed by atoms with Crippen molar-refractivity contribution < 1.29 is 13.7 Å². The van der Waals surface area contributed by atoms with Crippen molar-refractivity contribution in [2.24, 2.45) is 0 Å². The number of anilines is 1. The molecular formula is C20H18ClFN4O2. The van der Waals surface area contributed by atoms with Crippen molar-refractivity contribution in [3.63, 3.8) is 0 Å². The Morgan fingerprint density at radius 3 is 2.96 bits per heavy atom. The third kappa shape index (κ3) is 3.71. The number of urea groups is 1. The SMILES string of the molecule is Cc1cccc(-c2noc(C3CCCN3C(=O)Nc3ccc(F)c(Cl)c3)n2)c1. The Hall–Kier alpha value is -2.93. The van der Waals surface area contributed by atoms with Gasteiger partial charge in [-0.15, -0.1) is 0 Å². The Balaban J connectivity index is 1.52. The minimum Gasteiger partial charge on any atom is -0.337 e. The fourth-order valence-electron chi connectivity index (χ4n) is 3.31. The summed E-state index contributed by atoms with van der Waals surface area (Å²) in [6, 6.07) is 11.3. The number of amides is 2. The molecule has 0 spiro atoms. The Morgan fingerprint density at radius 2 is 2.18 bits per heavy atom. The third-order valence-corrected chi connectivity index (χ3v) is 4.98. The van der Waals surface area contributed by atoms with Crippen LogP contribution in [0.25, 0.3) is 11.4 Å². The fraction of sp³-hybridized carbons (Fsp3) is 0.250. The van der Waals surface area contributed by atoms with Crippen molar-refractivity contribution in [3.8, 4) is 11.4 Å². The molecule has 1 saturated heterocycles. The van der Waals surface area contributed by atoms with Gasteiger partial charge in [-0.25, -0.2) is 9.18 Å². The van der Waals surface area contributed by atoms with Crippen molar-refractivity contribution in [2.45, 2.75) is 25.8 Å². The van der Waals surface area contributed by atoms with Gasteiger partial charge in [0.25, 0.3) is 0 Å². The van der Waals surface area contributed by atoms with E-state index < -0.39 is 5.82 Å². The summed E-state index contributed by atoms with van der Waals surface area (Å²) in [6.07, 6.45) is 1.55. The van der Waals surface area contributed by atoms with E-state index in [1.807, 2.05) is 31.2 Å². The Morgan fingerprint density at radius 1 is 1.32 bits per heavy atom. The van der Waals surface area contributed by atoms with E-state index in [1.165, 1.54) is 18.2 Å². The lowest BCUT2D eigenvalue weighted by Crippen LogP contribution is -2.34. The second-order valence-corrected chi connectivity index (χ2v) is 7.14. The predicted molar refractivity (Wildman–Crippen MR) is 104 cm³/mol. The standard InChI is InChI=1S/C20H18ClFN4O2/c1-12-4-2-5-13(10-12)18-24-19(28-25-18)17-6-3-9-26(17)20(27)23-14-7-8-16(22)15(21)11-14/h2,4-5,7-8,10-11,17H,3,6,9H2,1H3,(H,23,27). The summed E-state index contributed by atoms with van der Waals surface area (Å²) in [5, 5.41) is 6.77. The van der Waals surface area contributed by atoms with Gasteiger partial charge in [-0.3, -0.25) is 0 Å². The van der Waals surface area contributed by atoms with Crippen LogP contribution in [-0.2, 0) is 0 Å². The molecule has 6 nitrogen and oxygen atoms in total. The minimum atomic E-state index is -0.534. The molecule has 0 saturated carbocycles. The van der Waals surface area contributed by atoms with Gasteiger partial charge in [0.15, 0.2) is 0 Å². The smallest absolute Gasteiger partial charge is 0.322 e. The molecule has 0 bridgehead atoms. The van der Waals surface area contributed by atoms with Crippen LogP contribution in [0.1, 0.15) is 30.3 Å². The van der Waals surface area contributed by atoms with Gasteiger partial charge in [0.1, 0.15) is 11.9 Å². The highest BCUT2D eigenvalue weighted by Gasteiger charge is 2.34. The molecule has 1 aliphatic rings. The highest BCUT2D eigenvalue weighted by molar-refractivity contribution is 6.31. The van der Waals surface area contributed by atoms with E-state index in [4.69, 9.17) is 16.1 Å². The number of aromatic nitrogens is 2. The molecule has 0 aliphatic carbocycles. The molecule has 2 amide bonds. The first-order valence-corrected chi connectivity index (χ1v) is 9.32. The zero-order valence-corrected chi connectivity index (χ0v) is 15.9. The third-order valence-electron chi connectivity index (χ3n) is 4.69. The van der Waals surface area contributed by atoms with E-state index in [9.17, 15) is 9.18 Å². The van der Waals surface area contributed by atoms with Crippen LogP contribution in [0.4, 0.5) is 14.9 Å². The average molecular weight is 401 g/mol. The predicted octanol–water partition coefficient (Wildman–Crippen LogP) is 5.21. The molecule has 144 valence electrons. The lowest BCUT2D eigenvalue weighted by Gasteiger charge is -2.22. The van der Waals surface area contributed by atoms with Crippen molar-refractivity contribution in [1.82, 2.24) is 15.0 Å². The first-order chi connectivity index (χ1) is 13.5. The summed E-state index contributed by atoms with van der Waals surface area (Å²) >= 11 is 5.78. The fourth-order valence-corrected chi connectivity index (χ4v) is 3.49. The summed E-state index contributed by atoms with van der Waals surface area (Å²) in [6.45, 7) is 2.56. The van der Waals surface area contributed by atoms with E-state index in [-0.39, 0.29) is 17.1 Å². The maximum absolute atomic E-state index is 13.3. The highest BCUT2D eigenvalue weighted by atomic mass is 35.5. The van der Waals surface area contributed by atoms with Crippen LogP contribution in [0.2, 0.25) is 5.02 Å². The van der Waals surface area contributed by atoms with Crippen LogP contribution in [0.5, 0.6) is 0 Å². The molecule has 8 heteroatoms. The molecule has 28 heavy (non-hydrogen) atoms. The van der Waals surface area contributed by atoms with E-state index in [2.05, 4.69) is 15.5 Å². The van der Waals surface area contributed by atoms with E-state index >= 15 is 0 Å². The Bertz CT molecular complexity index is 1020. The number of rotatable bonds is 3. The summed E-state index contributed by atoms with van der Waals surface area (Å²) in [5.74, 6) is 0.367. The number of benzene rings is 2. The normalized spacial score (nSPS) is 16.4. The van der Waals surface area contributed by atoms with Crippen molar-refractivity contribution >= 4 is 23.3 Å². The number of halogens is 2. The summed E-state index contributed by atoms with van der Waals surface area (Å²) in [4.78, 5) is 18.8. The average Bonchev–Trinajstić information content (AvgIpc) is 3.33. The van der Waals surface area contributed by atoms with Crippen LogP contribution in [0.15, 0.2) is 47.0 Å². The van der Waals surface area contributed by atoms with E-state index in [0.29, 0.717) is 23.9 Å². The maximum atomic E-state index is 13.3. The van der Waals surface area contributed by atoms with Crippen LogP contribution in [0.3, 0.4) is 0 Å². The summed E-state index contributed by atoms with van der Waals surface area (Å²) in [5.41, 5.74) is 2.39. The van der Waals surface area contributed by atoms with Gasteiger partial charge in [0.05, 0.1) is 5.02 Å². The lowest BCUT2D eigenvalue weighted by atomic mass is 10.1.